The molecule has 0 spiro atoms. The maximum absolute atomic E-state index is 14.8. The molecule has 2 N–H and O–H groups in total. The minimum atomic E-state index is -2.58. The lowest BCUT2D eigenvalue weighted by Crippen LogP contribution is -2.37. The summed E-state index contributed by atoms with van der Waals surface area (Å²) in [6.45, 7) is 5.01. The number of hydrogen-bond acceptors (Lipinski definition) is 6. The van der Waals surface area contributed by atoms with Crippen molar-refractivity contribution in [3.8, 4) is 22.9 Å². The Morgan fingerprint density at radius 3 is 2.39 bits per heavy atom. The molecule has 0 bridgehead atoms. The SMILES string of the molecule is COc1cc(NC(=O)OC(C)(C)C)c(NC(=O)CC(=O)C2C=CC=CC2(F)C#N)cc1-c1ccccc1F. The third-order valence-electron chi connectivity index (χ3n) is 5.47. The number of alkyl halides is 1. The van der Waals surface area contributed by atoms with Gasteiger partial charge in [-0.15, -0.1) is 0 Å². The quantitative estimate of drug-likeness (QED) is 0.448. The zero-order chi connectivity index (χ0) is 28.1. The van der Waals surface area contributed by atoms with Crippen molar-refractivity contribution in [3.63, 3.8) is 0 Å². The van der Waals surface area contributed by atoms with Crippen LogP contribution in [0.1, 0.15) is 27.2 Å². The Bertz CT molecular complexity index is 1360. The standard InChI is InChI=1S/C28H27F2N3O5/c1-27(2,3)38-26(36)33-22-14-24(37-4)18(17-9-5-6-11-20(17)29)13-21(22)32-25(35)15-23(34)19-10-7-8-12-28(19,30)16-31/h5-14,19H,15H2,1-4H3,(H,32,35)(H,33,36). The summed E-state index contributed by atoms with van der Waals surface area (Å²) in [7, 11) is 1.36. The minimum Gasteiger partial charge on any atom is -0.496 e. The Hall–Kier alpha value is -4.52. The van der Waals surface area contributed by atoms with Crippen LogP contribution in [0.15, 0.2) is 60.7 Å². The summed E-state index contributed by atoms with van der Waals surface area (Å²) < 4.78 is 40.1. The third-order valence-corrected chi connectivity index (χ3v) is 5.47. The molecule has 10 heteroatoms. The second-order valence-electron chi connectivity index (χ2n) is 9.50. The number of Topliss-reactive ketones (excluding diaryl/α,β-unsaturated/α-hetero) is 1. The molecule has 0 aromatic heterocycles. The van der Waals surface area contributed by atoms with E-state index in [0.29, 0.717) is 0 Å². The van der Waals surface area contributed by atoms with Gasteiger partial charge >= 0.3 is 6.09 Å². The van der Waals surface area contributed by atoms with Crippen molar-refractivity contribution in [1.29, 1.82) is 5.26 Å². The highest BCUT2D eigenvalue weighted by atomic mass is 19.1. The number of nitriles is 1. The predicted molar refractivity (Wildman–Crippen MR) is 138 cm³/mol. The number of allylic oxidation sites excluding steroid dienone is 4. The number of nitrogens with zero attached hydrogens (tertiary/aromatic N) is 1. The first-order valence-corrected chi connectivity index (χ1v) is 11.6. The molecule has 0 fully saturated rings. The monoisotopic (exact) mass is 523 g/mol. The van der Waals surface area contributed by atoms with Crippen LogP contribution < -0.4 is 15.4 Å². The number of ketones is 1. The maximum Gasteiger partial charge on any atom is 0.412 e. The smallest absolute Gasteiger partial charge is 0.412 e. The number of nitrogens with one attached hydrogen (secondary N) is 2. The van der Waals surface area contributed by atoms with E-state index in [1.54, 1.807) is 26.8 Å². The second kappa shape index (κ2) is 11.3. The molecule has 2 aromatic rings. The van der Waals surface area contributed by atoms with Gasteiger partial charge in [0.25, 0.3) is 0 Å². The van der Waals surface area contributed by atoms with Crippen LogP contribution >= 0.6 is 0 Å². The maximum atomic E-state index is 14.8. The van der Waals surface area contributed by atoms with E-state index in [0.717, 1.165) is 6.08 Å². The lowest BCUT2D eigenvalue weighted by molar-refractivity contribution is -0.128. The van der Waals surface area contributed by atoms with Crippen molar-refractivity contribution in [3.05, 3.63) is 66.5 Å². The molecule has 0 saturated heterocycles. The Balaban J connectivity index is 1.96. The normalized spacial score (nSPS) is 18.3. The van der Waals surface area contributed by atoms with E-state index in [1.807, 2.05) is 0 Å². The number of methoxy groups -OCH3 is 1. The Morgan fingerprint density at radius 1 is 1.08 bits per heavy atom. The fourth-order valence-electron chi connectivity index (χ4n) is 3.78. The summed E-state index contributed by atoms with van der Waals surface area (Å²) in [5, 5.41) is 14.2. The van der Waals surface area contributed by atoms with Crippen LogP contribution in [0.5, 0.6) is 5.75 Å². The summed E-state index contributed by atoms with van der Waals surface area (Å²) in [6, 6.07) is 10.1. The highest BCUT2D eigenvalue weighted by Gasteiger charge is 2.41. The van der Waals surface area contributed by atoms with Crippen LogP contribution in [0.2, 0.25) is 0 Å². The number of carbonyl (C=O) groups is 3. The van der Waals surface area contributed by atoms with Crippen molar-refractivity contribution in [2.75, 3.05) is 17.7 Å². The van der Waals surface area contributed by atoms with Gasteiger partial charge in [0.05, 0.1) is 30.8 Å². The van der Waals surface area contributed by atoms with Gasteiger partial charge in [0, 0.05) is 17.2 Å². The van der Waals surface area contributed by atoms with Gasteiger partial charge in [-0.25, -0.2) is 13.6 Å². The molecule has 1 aliphatic rings. The van der Waals surface area contributed by atoms with Crippen molar-refractivity contribution in [2.45, 2.75) is 38.5 Å². The van der Waals surface area contributed by atoms with Crippen LogP contribution in [0.25, 0.3) is 11.1 Å². The summed E-state index contributed by atoms with van der Waals surface area (Å²) in [5.74, 6) is -3.50. The highest BCUT2D eigenvalue weighted by molar-refractivity contribution is 6.08. The lowest BCUT2D eigenvalue weighted by atomic mass is 9.82. The number of anilines is 2. The van der Waals surface area contributed by atoms with Crippen molar-refractivity contribution >= 4 is 29.2 Å². The van der Waals surface area contributed by atoms with Gasteiger partial charge in [0.15, 0.2) is 5.78 Å². The number of amides is 2. The van der Waals surface area contributed by atoms with Crippen LogP contribution in [0, 0.1) is 23.1 Å². The molecule has 2 unspecified atom stereocenters. The van der Waals surface area contributed by atoms with E-state index in [9.17, 15) is 28.4 Å². The minimum absolute atomic E-state index is 0.0126. The number of halogens is 2. The lowest BCUT2D eigenvalue weighted by Gasteiger charge is -2.23. The fraction of sp³-hybridized carbons (Fsp3) is 0.286. The molecule has 0 heterocycles. The van der Waals surface area contributed by atoms with Gasteiger partial charge in [-0.2, -0.15) is 5.26 Å². The molecular weight excluding hydrogens is 496 g/mol. The number of ether oxygens (including phenoxy) is 2. The van der Waals surface area contributed by atoms with Crippen LogP contribution in [0.3, 0.4) is 0 Å². The summed E-state index contributed by atoms with van der Waals surface area (Å²) in [4.78, 5) is 38.1. The van der Waals surface area contributed by atoms with Gasteiger partial charge in [0.1, 0.15) is 23.2 Å². The number of benzene rings is 2. The molecular formula is C28H27F2N3O5. The first kappa shape index (κ1) is 28.1. The molecule has 1 aliphatic carbocycles. The van der Waals surface area contributed by atoms with Gasteiger partial charge in [-0.3, -0.25) is 14.9 Å². The van der Waals surface area contributed by atoms with E-state index >= 15 is 0 Å². The Morgan fingerprint density at radius 2 is 1.76 bits per heavy atom. The topological polar surface area (TPSA) is 118 Å². The number of rotatable bonds is 7. The average molecular weight is 524 g/mol. The predicted octanol–water partition coefficient (Wildman–Crippen LogP) is 5.72. The van der Waals surface area contributed by atoms with E-state index in [4.69, 9.17) is 9.47 Å². The second-order valence-corrected chi connectivity index (χ2v) is 9.50. The molecule has 2 aromatic carbocycles. The average Bonchev–Trinajstić information content (AvgIpc) is 2.84. The van der Waals surface area contributed by atoms with E-state index < -0.39 is 47.2 Å². The molecule has 2 atom stereocenters. The van der Waals surface area contributed by atoms with Gasteiger partial charge < -0.3 is 14.8 Å². The molecule has 0 aliphatic heterocycles. The Kier molecular flexibility index (Phi) is 8.31. The molecule has 3 rings (SSSR count). The summed E-state index contributed by atoms with van der Waals surface area (Å²) >= 11 is 0. The Labute approximate surface area is 218 Å². The highest BCUT2D eigenvalue weighted by Crippen LogP contribution is 2.39. The van der Waals surface area contributed by atoms with Crippen LogP contribution in [0.4, 0.5) is 25.0 Å². The summed E-state index contributed by atoms with van der Waals surface area (Å²) in [6.07, 6.45) is 3.31. The van der Waals surface area contributed by atoms with Gasteiger partial charge in [0.2, 0.25) is 11.6 Å². The van der Waals surface area contributed by atoms with Gasteiger partial charge in [-0.1, -0.05) is 36.4 Å². The number of carbonyl (C=O) groups excluding carboxylic acids is 3. The zero-order valence-electron chi connectivity index (χ0n) is 21.3. The largest absolute Gasteiger partial charge is 0.496 e. The molecule has 38 heavy (non-hydrogen) atoms. The molecule has 0 saturated carbocycles. The van der Waals surface area contributed by atoms with Crippen molar-refractivity contribution in [1.82, 2.24) is 0 Å². The molecule has 2 amide bonds. The fourth-order valence-corrected chi connectivity index (χ4v) is 3.78. The van der Waals surface area contributed by atoms with Gasteiger partial charge in [-0.05, 0) is 39.0 Å². The van der Waals surface area contributed by atoms with E-state index in [1.165, 1.54) is 61.7 Å². The van der Waals surface area contributed by atoms with Crippen LogP contribution in [-0.2, 0) is 14.3 Å². The van der Waals surface area contributed by atoms with E-state index in [2.05, 4.69) is 10.6 Å². The first-order valence-electron chi connectivity index (χ1n) is 11.6. The molecule has 0 radical (unpaired) electrons. The first-order chi connectivity index (χ1) is 17.9. The molecule has 8 nitrogen and oxygen atoms in total. The zero-order valence-corrected chi connectivity index (χ0v) is 21.3. The summed E-state index contributed by atoms with van der Waals surface area (Å²) in [5.41, 5.74) is -2.91. The number of hydrogen-bond donors (Lipinski definition) is 2. The van der Waals surface area contributed by atoms with Crippen molar-refractivity contribution < 1.29 is 32.6 Å². The van der Waals surface area contributed by atoms with Crippen molar-refractivity contribution in [2.24, 2.45) is 5.92 Å². The van der Waals surface area contributed by atoms with Crippen LogP contribution in [-0.4, -0.2) is 36.2 Å². The van der Waals surface area contributed by atoms with E-state index in [-0.39, 0.29) is 28.3 Å². The molecule has 198 valence electrons. The third kappa shape index (κ3) is 6.62.